The highest BCUT2D eigenvalue weighted by Crippen LogP contribution is 2.14. The molecule has 0 heterocycles. The second kappa shape index (κ2) is 14.6. The van der Waals surface area contributed by atoms with Crippen molar-refractivity contribution in [3.8, 4) is 11.8 Å². The van der Waals surface area contributed by atoms with Crippen molar-refractivity contribution < 1.29 is 9.53 Å². The molecule has 0 spiro atoms. The summed E-state index contributed by atoms with van der Waals surface area (Å²) in [5, 5.41) is 0. The standard InChI is InChI=1S/C21H38O2/c1-5-6-7-8-9-10-11-12-13-14-15-16-17-18-19-20(22)23-21(2,3)4/h7-19H2,1-4H3. The van der Waals surface area contributed by atoms with E-state index in [1.807, 2.05) is 27.7 Å². The summed E-state index contributed by atoms with van der Waals surface area (Å²) >= 11 is 0. The average Bonchev–Trinajstić information content (AvgIpc) is 2.46. The van der Waals surface area contributed by atoms with Gasteiger partial charge in [-0.15, -0.1) is 11.8 Å². The Morgan fingerprint density at radius 1 is 0.783 bits per heavy atom. The molecule has 0 aromatic carbocycles. The molecule has 2 heteroatoms. The van der Waals surface area contributed by atoms with Crippen molar-refractivity contribution in [1.29, 1.82) is 0 Å². The molecule has 0 unspecified atom stereocenters. The van der Waals surface area contributed by atoms with E-state index in [1.54, 1.807) is 0 Å². The van der Waals surface area contributed by atoms with E-state index in [2.05, 4.69) is 11.8 Å². The van der Waals surface area contributed by atoms with Crippen LogP contribution in [0.15, 0.2) is 0 Å². The molecule has 0 rings (SSSR count). The van der Waals surface area contributed by atoms with Gasteiger partial charge >= 0.3 is 5.97 Å². The third kappa shape index (κ3) is 19.0. The van der Waals surface area contributed by atoms with Crippen LogP contribution in [0, 0.1) is 11.8 Å². The van der Waals surface area contributed by atoms with Crippen LogP contribution in [0.1, 0.15) is 111 Å². The van der Waals surface area contributed by atoms with Crippen molar-refractivity contribution in [1.82, 2.24) is 0 Å². The van der Waals surface area contributed by atoms with Crippen LogP contribution in [0.25, 0.3) is 0 Å². The lowest BCUT2D eigenvalue weighted by Crippen LogP contribution is -2.23. The van der Waals surface area contributed by atoms with Crippen LogP contribution < -0.4 is 0 Å². The molecule has 0 radical (unpaired) electrons. The zero-order valence-corrected chi connectivity index (χ0v) is 16.0. The summed E-state index contributed by atoms with van der Waals surface area (Å²) in [6.07, 6.45) is 15.7. The molecule has 0 amide bonds. The van der Waals surface area contributed by atoms with E-state index in [0.717, 1.165) is 19.3 Å². The highest BCUT2D eigenvalue weighted by atomic mass is 16.6. The van der Waals surface area contributed by atoms with E-state index in [1.165, 1.54) is 57.8 Å². The second-order valence-electron chi connectivity index (χ2n) is 7.40. The second-order valence-corrected chi connectivity index (χ2v) is 7.40. The van der Waals surface area contributed by atoms with Crippen molar-refractivity contribution in [2.45, 2.75) is 117 Å². The molecule has 23 heavy (non-hydrogen) atoms. The van der Waals surface area contributed by atoms with Gasteiger partial charge in [-0.05, 0) is 40.5 Å². The Morgan fingerprint density at radius 2 is 1.22 bits per heavy atom. The van der Waals surface area contributed by atoms with Crippen LogP contribution in [-0.2, 0) is 9.53 Å². The SMILES string of the molecule is CC#CCCCCCCCCCCCCCC(=O)OC(C)(C)C. The molecule has 134 valence electrons. The normalized spacial score (nSPS) is 11.0. The lowest BCUT2D eigenvalue weighted by molar-refractivity contribution is -0.154. The molecular weight excluding hydrogens is 284 g/mol. The maximum Gasteiger partial charge on any atom is 0.306 e. The fourth-order valence-corrected chi connectivity index (χ4v) is 2.59. The van der Waals surface area contributed by atoms with Crippen molar-refractivity contribution in [3.63, 3.8) is 0 Å². The van der Waals surface area contributed by atoms with E-state index < -0.39 is 0 Å². The van der Waals surface area contributed by atoms with E-state index >= 15 is 0 Å². The minimum atomic E-state index is -0.347. The summed E-state index contributed by atoms with van der Waals surface area (Å²) in [5.74, 6) is 6.02. The predicted octanol–water partition coefficient (Wildman–Crippen LogP) is 6.42. The number of carbonyl (C=O) groups excluding carboxylic acids is 1. The zero-order valence-electron chi connectivity index (χ0n) is 16.0. The molecule has 0 N–H and O–H groups in total. The molecule has 0 atom stereocenters. The van der Waals surface area contributed by atoms with Gasteiger partial charge in [-0.25, -0.2) is 0 Å². The van der Waals surface area contributed by atoms with Crippen LogP contribution >= 0.6 is 0 Å². The monoisotopic (exact) mass is 322 g/mol. The van der Waals surface area contributed by atoms with Crippen LogP contribution in [0.5, 0.6) is 0 Å². The van der Waals surface area contributed by atoms with Gasteiger partial charge in [-0.3, -0.25) is 4.79 Å². The maximum absolute atomic E-state index is 11.5. The van der Waals surface area contributed by atoms with Gasteiger partial charge < -0.3 is 4.74 Å². The molecule has 0 aromatic rings. The fraction of sp³-hybridized carbons (Fsp3) is 0.857. The molecule has 0 fully saturated rings. The molecule has 0 aliphatic rings. The molecule has 2 nitrogen and oxygen atoms in total. The number of rotatable bonds is 13. The van der Waals surface area contributed by atoms with Gasteiger partial charge in [0, 0.05) is 12.8 Å². The zero-order chi connectivity index (χ0) is 17.4. The summed E-state index contributed by atoms with van der Waals surface area (Å²) in [7, 11) is 0. The van der Waals surface area contributed by atoms with Crippen LogP contribution in [-0.4, -0.2) is 11.6 Å². The number of esters is 1. The topological polar surface area (TPSA) is 26.3 Å². The minimum Gasteiger partial charge on any atom is -0.460 e. The number of ether oxygens (including phenoxy) is 1. The third-order valence-electron chi connectivity index (χ3n) is 3.78. The first-order valence-corrected chi connectivity index (χ1v) is 9.57. The predicted molar refractivity (Wildman–Crippen MR) is 99.3 cm³/mol. The van der Waals surface area contributed by atoms with Gasteiger partial charge in [0.05, 0.1) is 0 Å². The molecule has 0 saturated heterocycles. The Labute approximate surface area is 144 Å². The lowest BCUT2D eigenvalue weighted by atomic mass is 10.0. The summed E-state index contributed by atoms with van der Waals surface area (Å²) in [4.78, 5) is 11.5. The molecule has 0 bridgehead atoms. The van der Waals surface area contributed by atoms with Gasteiger partial charge in [-0.2, -0.15) is 0 Å². The minimum absolute atomic E-state index is 0.0533. The number of hydrogen-bond acceptors (Lipinski definition) is 2. The van der Waals surface area contributed by atoms with Gasteiger partial charge in [-0.1, -0.05) is 57.8 Å². The molecule has 0 aliphatic carbocycles. The number of unbranched alkanes of at least 4 members (excludes halogenated alkanes) is 11. The first kappa shape index (κ1) is 22.0. The summed E-state index contributed by atoms with van der Waals surface area (Å²) in [6.45, 7) is 7.68. The van der Waals surface area contributed by atoms with E-state index in [-0.39, 0.29) is 11.6 Å². The summed E-state index contributed by atoms with van der Waals surface area (Å²) < 4.78 is 5.30. The highest BCUT2D eigenvalue weighted by molar-refractivity contribution is 5.69. The van der Waals surface area contributed by atoms with Crippen molar-refractivity contribution in [3.05, 3.63) is 0 Å². The van der Waals surface area contributed by atoms with Gasteiger partial charge in [0.2, 0.25) is 0 Å². The highest BCUT2D eigenvalue weighted by Gasteiger charge is 2.15. The Balaban J connectivity index is 3.19. The Kier molecular flexibility index (Phi) is 14.0. The third-order valence-corrected chi connectivity index (χ3v) is 3.78. The van der Waals surface area contributed by atoms with Crippen molar-refractivity contribution in [2.75, 3.05) is 0 Å². The molecule has 0 aromatic heterocycles. The number of hydrogen-bond donors (Lipinski definition) is 0. The van der Waals surface area contributed by atoms with E-state index in [9.17, 15) is 4.79 Å². The maximum atomic E-state index is 11.5. The van der Waals surface area contributed by atoms with Crippen molar-refractivity contribution >= 4 is 5.97 Å². The molecular formula is C21H38O2. The van der Waals surface area contributed by atoms with Gasteiger partial charge in [0.1, 0.15) is 5.60 Å². The lowest BCUT2D eigenvalue weighted by Gasteiger charge is -2.19. The molecule has 0 aliphatic heterocycles. The van der Waals surface area contributed by atoms with Crippen LogP contribution in [0.2, 0.25) is 0 Å². The first-order chi connectivity index (χ1) is 11.0. The van der Waals surface area contributed by atoms with E-state index in [4.69, 9.17) is 4.74 Å². The Bertz CT molecular complexity index is 341. The quantitative estimate of drug-likeness (QED) is 0.222. The fourth-order valence-electron chi connectivity index (χ4n) is 2.59. The summed E-state index contributed by atoms with van der Waals surface area (Å²) in [6, 6.07) is 0. The summed E-state index contributed by atoms with van der Waals surface area (Å²) in [5.41, 5.74) is -0.347. The average molecular weight is 323 g/mol. The van der Waals surface area contributed by atoms with Gasteiger partial charge in [0.25, 0.3) is 0 Å². The van der Waals surface area contributed by atoms with E-state index in [0.29, 0.717) is 6.42 Å². The van der Waals surface area contributed by atoms with Crippen LogP contribution in [0.3, 0.4) is 0 Å². The smallest absolute Gasteiger partial charge is 0.306 e. The van der Waals surface area contributed by atoms with Gasteiger partial charge in [0.15, 0.2) is 0 Å². The first-order valence-electron chi connectivity index (χ1n) is 9.57. The van der Waals surface area contributed by atoms with Crippen LogP contribution in [0.4, 0.5) is 0 Å². The largest absolute Gasteiger partial charge is 0.460 e. The number of carbonyl (C=O) groups is 1. The Hall–Kier alpha value is -0.970. The van der Waals surface area contributed by atoms with Crippen molar-refractivity contribution in [2.24, 2.45) is 0 Å². The Morgan fingerprint density at radius 3 is 1.65 bits per heavy atom. The molecule has 0 saturated carbocycles.